The normalized spacial score (nSPS) is 10.3. The molecule has 0 bridgehead atoms. The molecular weight excluding hydrogens is 153 g/mol. The summed E-state index contributed by atoms with van der Waals surface area (Å²) in [5.41, 5.74) is 2.50. The Morgan fingerprint density at radius 2 is 1.83 bits per heavy atom. The first-order chi connectivity index (χ1) is 5.66. The van der Waals surface area contributed by atoms with E-state index in [0.29, 0.717) is 12.1 Å². The van der Waals surface area contributed by atoms with Gasteiger partial charge in [0.1, 0.15) is 5.82 Å². The van der Waals surface area contributed by atoms with Crippen molar-refractivity contribution >= 4 is 0 Å². The molecule has 0 spiro atoms. The van der Waals surface area contributed by atoms with E-state index in [-0.39, 0.29) is 5.82 Å². The van der Waals surface area contributed by atoms with Crippen LogP contribution >= 0.6 is 0 Å². The average Bonchev–Trinajstić information content (AvgIpc) is 2.06. The fraction of sp³-hybridized carbons (Fsp3) is 0.400. The van der Waals surface area contributed by atoms with Gasteiger partial charge < -0.3 is 5.32 Å². The minimum absolute atomic E-state index is 0.0793. The van der Waals surface area contributed by atoms with Crippen LogP contribution in [0.1, 0.15) is 16.7 Å². The van der Waals surface area contributed by atoms with E-state index in [9.17, 15) is 4.39 Å². The van der Waals surface area contributed by atoms with Crippen LogP contribution in [0.25, 0.3) is 0 Å². The van der Waals surface area contributed by atoms with Gasteiger partial charge in [-0.05, 0) is 32.0 Å². The summed E-state index contributed by atoms with van der Waals surface area (Å²) in [6, 6.07) is 3.76. The number of nitrogens with one attached hydrogen (secondary N) is 1. The molecule has 0 atom stereocenters. The van der Waals surface area contributed by atoms with E-state index >= 15 is 0 Å². The predicted octanol–water partition coefficient (Wildman–Crippen LogP) is 2.16. The molecule has 0 radical (unpaired) electrons. The fourth-order valence-electron chi connectivity index (χ4n) is 1.23. The second-order valence-corrected chi connectivity index (χ2v) is 3.02. The molecule has 0 aliphatic heterocycles. The average molecular weight is 167 g/mol. The number of hydrogen-bond donors (Lipinski definition) is 1. The largest absolute Gasteiger partial charge is 0.316 e. The summed E-state index contributed by atoms with van der Waals surface area (Å²) in [7, 11) is 1.82. The van der Waals surface area contributed by atoms with E-state index in [1.807, 2.05) is 26.1 Å². The Labute approximate surface area is 72.6 Å². The second-order valence-electron chi connectivity index (χ2n) is 3.02. The molecule has 0 aliphatic rings. The lowest BCUT2D eigenvalue weighted by molar-refractivity contribution is 0.590. The highest BCUT2D eigenvalue weighted by Gasteiger charge is 2.06. The highest BCUT2D eigenvalue weighted by Crippen LogP contribution is 2.16. The third-order valence-electron chi connectivity index (χ3n) is 2.02. The van der Waals surface area contributed by atoms with Crippen LogP contribution in [0, 0.1) is 19.7 Å². The molecule has 1 aromatic rings. The molecule has 1 N–H and O–H groups in total. The molecule has 0 amide bonds. The quantitative estimate of drug-likeness (QED) is 0.711. The Hall–Kier alpha value is -0.890. The number of rotatable bonds is 2. The Balaban J connectivity index is 3.14. The third-order valence-corrected chi connectivity index (χ3v) is 2.02. The maximum Gasteiger partial charge on any atom is 0.130 e. The van der Waals surface area contributed by atoms with Gasteiger partial charge in [0.15, 0.2) is 0 Å². The summed E-state index contributed by atoms with van der Waals surface area (Å²) in [6.45, 7) is 4.31. The standard InChI is InChI=1S/C10H14FN/c1-7-4-5-8(2)10(11)9(7)6-12-3/h4-5,12H,6H2,1-3H3. The summed E-state index contributed by atoms with van der Waals surface area (Å²) in [4.78, 5) is 0. The van der Waals surface area contributed by atoms with Gasteiger partial charge in [-0.3, -0.25) is 0 Å². The second kappa shape index (κ2) is 3.68. The van der Waals surface area contributed by atoms with Crippen LogP contribution in [0.15, 0.2) is 12.1 Å². The first kappa shape index (κ1) is 9.20. The molecular formula is C10H14FN. The van der Waals surface area contributed by atoms with E-state index < -0.39 is 0 Å². The van der Waals surface area contributed by atoms with Crippen LogP contribution in [0.5, 0.6) is 0 Å². The van der Waals surface area contributed by atoms with Crippen LogP contribution in [-0.4, -0.2) is 7.05 Å². The molecule has 1 rings (SSSR count). The minimum Gasteiger partial charge on any atom is -0.316 e. The van der Waals surface area contributed by atoms with E-state index in [1.54, 1.807) is 6.92 Å². The lowest BCUT2D eigenvalue weighted by atomic mass is 10.0. The van der Waals surface area contributed by atoms with Crippen molar-refractivity contribution in [1.29, 1.82) is 0 Å². The third kappa shape index (κ3) is 1.64. The molecule has 0 aromatic heterocycles. The molecule has 0 saturated carbocycles. The maximum absolute atomic E-state index is 13.4. The van der Waals surface area contributed by atoms with Gasteiger partial charge in [-0.15, -0.1) is 0 Å². The summed E-state index contributed by atoms with van der Waals surface area (Å²) < 4.78 is 13.4. The first-order valence-electron chi connectivity index (χ1n) is 4.06. The van der Waals surface area contributed by atoms with E-state index in [2.05, 4.69) is 5.32 Å². The van der Waals surface area contributed by atoms with Gasteiger partial charge in [-0.2, -0.15) is 0 Å². The molecule has 1 aromatic carbocycles. The lowest BCUT2D eigenvalue weighted by Gasteiger charge is -2.08. The van der Waals surface area contributed by atoms with E-state index in [1.165, 1.54) is 0 Å². The van der Waals surface area contributed by atoms with Gasteiger partial charge in [-0.25, -0.2) is 4.39 Å². The van der Waals surface area contributed by atoms with E-state index in [0.717, 1.165) is 11.1 Å². The zero-order chi connectivity index (χ0) is 9.14. The van der Waals surface area contributed by atoms with Crippen molar-refractivity contribution in [3.63, 3.8) is 0 Å². The molecule has 0 aliphatic carbocycles. The van der Waals surface area contributed by atoms with Crippen LogP contribution in [0.3, 0.4) is 0 Å². The van der Waals surface area contributed by atoms with Crippen LogP contribution in [-0.2, 0) is 6.54 Å². The van der Waals surface area contributed by atoms with E-state index in [4.69, 9.17) is 0 Å². The molecule has 0 unspecified atom stereocenters. The van der Waals surface area contributed by atoms with Gasteiger partial charge in [-0.1, -0.05) is 12.1 Å². The van der Waals surface area contributed by atoms with Gasteiger partial charge in [0, 0.05) is 12.1 Å². The Morgan fingerprint density at radius 1 is 1.25 bits per heavy atom. The molecule has 0 heterocycles. The number of halogens is 1. The van der Waals surface area contributed by atoms with Crippen LogP contribution in [0.4, 0.5) is 4.39 Å². The van der Waals surface area contributed by atoms with Gasteiger partial charge >= 0.3 is 0 Å². The summed E-state index contributed by atoms with van der Waals surface area (Å²) in [5, 5.41) is 2.95. The molecule has 12 heavy (non-hydrogen) atoms. The van der Waals surface area contributed by atoms with Crippen molar-refractivity contribution < 1.29 is 4.39 Å². The number of hydrogen-bond acceptors (Lipinski definition) is 1. The zero-order valence-electron chi connectivity index (χ0n) is 7.74. The maximum atomic E-state index is 13.4. The number of aryl methyl sites for hydroxylation is 2. The summed E-state index contributed by atoms with van der Waals surface area (Å²) in [5.74, 6) is -0.0793. The van der Waals surface area contributed by atoms with Crippen LogP contribution < -0.4 is 5.32 Å². The van der Waals surface area contributed by atoms with Crippen molar-refractivity contribution in [2.45, 2.75) is 20.4 Å². The van der Waals surface area contributed by atoms with Crippen molar-refractivity contribution in [3.8, 4) is 0 Å². The summed E-state index contributed by atoms with van der Waals surface area (Å²) in [6.07, 6.45) is 0. The Kier molecular flexibility index (Phi) is 2.82. The van der Waals surface area contributed by atoms with Crippen molar-refractivity contribution in [3.05, 3.63) is 34.6 Å². The smallest absolute Gasteiger partial charge is 0.130 e. The van der Waals surface area contributed by atoms with Crippen LogP contribution in [0.2, 0.25) is 0 Å². The predicted molar refractivity (Wildman–Crippen MR) is 48.6 cm³/mol. The molecule has 2 heteroatoms. The Morgan fingerprint density at radius 3 is 2.42 bits per heavy atom. The molecule has 1 nitrogen and oxygen atoms in total. The lowest BCUT2D eigenvalue weighted by Crippen LogP contribution is -2.09. The molecule has 66 valence electrons. The van der Waals surface area contributed by atoms with Gasteiger partial charge in [0.25, 0.3) is 0 Å². The highest BCUT2D eigenvalue weighted by atomic mass is 19.1. The van der Waals surface area contributed by atoms with Crippen molar-refractivity contribution in [2.75, 3.05) is 7.05 Å². The SMILES string of the molecule is CNCc1c(C)ccc(C)c1F. The monoisotopic (exact) mass is 167 g/mol. The summed E-state index contributed by atoms with van der Waals surface area (Å²) >= 11 is 0. The fourth-order valence-corrected chi connectivity index (χ4v) is 1.23. The van der Waals surface area contributed by atoms with Gasteiger partial charge in [0.2, 0.25) is 0 Å². The zero-order valence-corrected chi connectivity index (χ0v) is 7.74. The van der Waals surface area contributed by atoms with Gasteiger partial charge in [0.05, 0.1) is 0 Å². The highest BCUT2D eigenvalue weighted by molar-refractivity contribution is 5.32. The number of benzene rings is 1. The Bertz CT molecular complexity index is 281. The molecule has 0 fully saturated rings. The first-order valence-corrected chi connectivity index (χ1v) is 4.06. The van der Waals surface area contributed by atoms with Crippen molar-refractivity contribution in [1.82, 2.24) is 5.32 Å². The topological polar surface area (TPSA) is 12.0 Å². The van der Waals surface area contributed by atoms with Crippen molar-refractivity contribution in [2.24, 2.45) is 0 Å². The molecule has 0 saturated heterocycles. The minimum atomic E-state index is -0.0793.